The standard InChI is InChI=1S/C16H26N2O4S/c1-10(2)16(13(19)20,7-12-8-17-11(3)23-12)9-18-14(21)22-15(4,5)6/h8,10H,7,9H2,1-6H3,(H,18,21)(H,19,20). The monoisotopic (exact) mass is 342 g/mol. The lowest BCUT2D eigenvalue weighted by molar-refractivity contribution is -0.151. The molecule has 0 saturated heterocycles. The Morgan fingerprint density at radius 1 is 1.39 bits per heavy atom. The van der Waals surface area contributed by atoms with Crippen LogP contribution in [-0.4, -0.2) is 34.3 Å². The minimum absolute atomic E-state index is 0.00581. The van der Waals surface area contributed by atoms with E-state index in [1.165, 1.54) is 11.3 Å². The Labute approximate surface area is 141 Å². The Morgan fingerprint density at radius 3 is 2.39 bits per heavy atom. The van der Waals surface area contributed by atoms with E-state index < -0.39 is 23.1 Å². The van der Waals surface area contributed by atoms with Crippen molar-refractivity contribution in [3.05, 3.63) is 16.1 Å². The van der Waals surface area contributed by atoms with Gasteiger partial charge < -0.3 is 15.2 Å². The van der Waals surface area contributed by atoms with Crippen LogP contribution in [0.5, 0.6) is 0 Å². The van der Waals surface area contributed by atoms with Crippen molar-refractivity contribution < 1.29 is 19.4 Å². The van der Waals surface area contributed by atoms with Crippen molar-refractivity contribution in [2.24, 2.45) is 11.3 Å². The number of carbonyl (C=O) groups excluding carboxylic acids is 1. The van der Waals surface area contributed by atoms with Crippen LogP contribution in [-0.2, 0) is 16.0 Å². The van der Waals surface area contributed by atoms with E-state index in [4.69, 9.17) is 4.74 Å². The minimum Gasteiger partial charge on any atom is -0.481 e. The number of carbonyl (C=O) groups is 2. The van der Waals surface area contributed by atoms with Gasteiger partial charge in [-0.05, 0) is 33.6 Å². The summed E-state index contributed by atoms with van der Waals surface area (Å²) in [6.07, 6.45) is 1.42. The number of alkyl carbamates (subject to hydrolysis) is 1. The Balaban J connectivity index is 2.92. The quantitative estimate of drug-likeness (QED) is 0.828. The number of aliphatic carboxylic acids is 1. The van der Waals surface area contributed by atoms with Gasteiger partial charge in [0.2, 0.25) is 0 Å². The predicted octanol–water partition coefficient (Wildman–Crippen LogP) is 3.25. The molecule has 0 fully saturated rings. The third-order valence-electron chi connectivity index (χ3n) is 3.64. The number of carboxylic acid groups (broad SMARTS) is 1. The Hall–Kier alpha value is -1.63. The normalized spacial score (nSPS) is 14.4. The lowest BCUT2D eigenvalue weighted by Gasteiger charge is -2.33. The van der Waals surface area contributed by atoms with E-state index in [1.54, 1.807) is 27.0 Å². The van der Waals surface area contributed by atoms with Crippen LogP contribution in [0.25, 0.3) is 0 Å². The van der Waals surface area contributed by atoms with Gasteiger partial charge in [0.15, 0.2) is 0 Å². The summed E-state index contributed by atoms with van der Waals surface area (Å²) >= 11 is 1.48. The molecule has 7 heteroatoms. The van der Waals surface area contributed by atoms with Crippen LogP contribution in [0.1, 0.15) is 44.5 Å². The van der Waals surface area contributed by atoms with Gasteiger partial charge in [0.1, 0.15) is 5.60 Å². The first-order valence-corrected chi connectivity index (χ1v) is 8.39. The van der Waals surface area contributed by atoms with E-state index in [0.717, 1.165) is 9.88 Å². The van der Waals surface area contributed by atoms with Crippen molar-refractivity contribution in [3.63, 3.8) is 0 Å². The summed E-state index contributed by atoms with van der Waals surface area (Å²) in [5.74, 6) is -1.10. The SMILES string of the molecule is Cc1ncc(CC(CNC(=O)OC(C)(C)C)(C(=O)O)C(C)C)s1. The summed E-state index contributed by atoms with van der Waals surface area (Å²) in [5, 5.41) is 13.3. The average molecular weight is 342 g/mol. The highest BCUT2D eigenvalue weighted by Gasteiger charge is 2.43. The van der Waals surface area contributed by atoms with E-state index in [0.29, 0.717) is 6.42 Å². The Kier molecular flexibility index (Phi) is 6.16. The molecule has 0 bridgehead atoms. The zero-order chi connectivity index (χ0) is 17.8. The van der Waals surface area contributed by atoms with Crippen LogP contribution >= 0.6 is 11.3 Å². The van der Waals surface area contributed by atoms with E-state index in [2.05, 4.69) is 10.3 Å². The topological polar surface area (TPSA) is 88.5 Å². The van der Waals surface area contributed by atoms with E-state index in [-0.39, 0.29) is 12.5 Å². The number of ether oxygens (including phenoxy) is 1. The van der Waals surface area contributed by atoms with Crippen LogP contribution in [0.3, 0.4) is 0 Å². The van der Waals surface area contributed by atoms with Crippen LogP contribution in [0, 0.1) is 18.3 Å². The van der Waals surface area contributed by atoms with Crippen molar-refractivity contribution >= 4 is 23.4 Å². The fourth-order valence-corrected chi connectivity index (χ4v) is 3.13. The van der Waals surface area contributed by atoms with Crippen LogP contribution in [0.2, 0.25) is 0 Å². The number of aryl methyl sites for hydroxylation is 1. The first-order valence-electron chi connectivity index (χ1n) is 7.58. The zero-order valence-corrected chi connectivity index (χ0v) is 15.4. The number of rotatable bonds is 6. The molecule has 0 aliphatic carbocycles. The zero-order valence-electron chi connectivity index (χ0n) is 14.6. The number of amides is 1. The van der Waals surface area contributed by atoms with Crippen molar-refractivity contribution in [1.29, 1.82) is 0 Å². The number of thiazole rings is 1. The summed E-state index contributed by atoms with van der Waals surface area (Å²) in [6, 6.07) is 0. The molecule has 23 heavy (non-hydrogen) atoms. The highest BCUT2D eigenvalue weighted by atomic mass is 32.1. The molecule has 130 valence electrons. The number of hydrogen-bond donors (Lipinski definition) is 2. The molecule has 0 aliphatic heterocycles. The van der Waals surface area contributed by atoms with Crippen molar-refractivity contribution in [1.82, 2.24) is 10.3 Å². The second-order valence-corrected chi connectivity index (χ2v) is 8.31. The molecular formula is C16H26N2O4S. The van der Waals surface area contributed by atoms with Gasteiger partial charge in [-0.25, -0.2) is 9.78 Å². The van der Waals surface area contributed by atoms with Gasteiger partial charge in [0.25, 0.3) is 0 Å². The van der Waals surface area contributed by atoms with Crippen molar-refractivity contribution in [2.45, 2.75) is 53.6 Å². The van der Waals surface area contributed by atoms with Crippen molar-refractivity contribution in [3.8, 4) is 0 Å². The first kappa shape index (κ1) is 19.4. The van der Waals surface area contributed by atoms with Gasteiger partial charge in [0, 0.05) is 24.0 Å². The maximum Gasteiger partial charge on any atom is 0.407 e. The molecule has 1 unspecified atom stereocenters. The molecule has 1 amide bonds. The van der Waals surface area contributed by atoms with E-state index >= 15 is 0 Å². The van der Waals surface area contributed by atoms with Crippen LogP contribution in [0.15, 0.2) is 6.20 Å². The number of nitrogens with zero attached hydrogens (tertiary/aromatic N) is 1. The summed E-state index contributed by atoms with van der Waals surface area (Å²) in [7, 11) is 0. The summed E-state index contributed by atoms with van der Waals surface area (Å²) in [6.45, 7) is 10.9. The predicted molar refractivity (Wildman–Crippen MR) is 89.7 cm³/mol. The third-order valence-corrected chi connectivity index (χ3v) is 4.55. The lowest BCUT2D eigenvalue weighted by atomic mass is 9.74. The highest BCUT2D eigenvalue weighted by molar-refractivity contribution is 7.11. The molecule has 0 saturated carbocycles. The Morgan fingerprint density at radius 2 is 2.00 bits per heavy atom. The lowest BCUT2D eigenvalue weighted by Crippen LogP contribution is -2.49. The molecule has 2 N–H and O–H groups in total. The molecule has 1 aromatic rings. The maximum atomic E-state index is 12.0. The largest absolute Gasteiger partial charge is 0.481 e. The number of aromatic nitrogens is 1. The van der Waals surface area contributed by atoms with Gasteiger partial charge in [-0.2, -0.15) is 0 Å². The summed E-state index contributed by atoms with van der Waals surface area (Å²) in [5.41, 5.74) is -1.72. The minimum atomic E-state index is -1.10. The molecule has 1 atom stereocenters. The van der Waals surface area contributed by atoms with Gasteiger partial charge in [0.05, 0.1) is 10.4 Å². The molecule has 1 rings (SSSR count). The number of carboxylic acids is 1. The second-order valence-electron chi connectivity index (χ2n) is 6.99. The van der Waals surface area contributed by atoms with Crippen molar-refractivity contribution in [2.75, 3.05) is 6.54 Å². The summed E-state index contributed by atoms with van der Waals surface area (Å²) in [4.78, 5) is 28.9. The molecule has 1 aromatic heterocycles. The number of hydrogen-bond acceptors (Lipinski definition) is 5. The molecule has 0 radical (unpaired) electrons. The molecule has 0 spiro atoms. The molecule has 0 aliphatic rings. The number of nitrogens with one attached hydrogen (secondary N) is 1. The fraction of sp³-hybridized carbons (Fsp3) is 0.688. The summed E-state index contributed by atoms with van der Waals surface area (Å²) < 4.78 is 5.19. The molecule has 0 aromatic carbocycles. The van der Waals surface area contributed by atoms with E-state index in [1.807, 2.05) is 20.8 Å². The maximum absolute atomic E-state index is 12.0. The third kappa shape index (κ3) is 5.49. The fourth-order valence-electron chi connectivity index (χ4n) is 2.21. The van der Waals surface area contributed by atoms with Crippen LogP contribution in [0.4, 0.5) is 4.79 Å². The highest BCUT2D eigenvalue weighted by Crippen LogP contribution is 2.33. The van der Waals surface area contributed by atoms with E-state index in [9.17, 15) is 14.7 Å². The first-order chi connectivity index (χ1) is 10.5. The van der Waals surface area contributed by atoms with Gasteiger partial charge >= 0.3 is 12.1 Å². The molecule has 6 nitrogen and oxygen atoms in total. The van der Waals surface area contributed by atoms with Gasteiger partial charge in [-0.3, -0.25) is 4.79 Å². The van der Waals surface area contributed by atoms with Crippen LogP contribution < -0.4 is 5.32 Å². The Bertz CT molecular complexity index is 563. The molecule has 1 heterocycles. The van der Waals surface area contributed by atoms with Gasteiger partial charge in [-0.1, -0.05) is 13.8 Å². The molecular weight excluding hydrogens is 316 g/mol. The van der Waals surface area contributed by atoms with Gasteiger partial charge in [-0.15, -0.1) is 11.3 Å². The average Bonchev–Trinajstić information content (AvgIpc) is 2.77. The smallest absolute Gasteiger partial charge is 0.407 e. The second kappa shape index (κ2) is 7.29.